The number of aromatic amines is 1. The topological polar surface area (TPSA) is 73.5 Å². The first-order chi connectivity index (χ1) is 15.1. The third kappa shape index (κ3) is 3.70. The van der Waals surface area contributed by atoms with Crippen LogP contribution >= 0.6 is 11.3 Å². The Labute approximate surface area is 184 Å². The smallest absolute Gasteiger partial charge is 0.254 e. The molecule has 158 valence electrons. The molecule has 2 aromatic heterocycles. The van der Waals surface area contributed by atoms with E-state index < -0.39 is 0 Å². The number of rotatable bonds is 3. The number of nitrogens with zero attached hydrogens (tertiary/aromatic N) is 2. The lowest BCUT2D eigenvalue weighted by Gasteiger charge is -2.39. The van der Waals surface area contributed by atoms with E-state index in [2.05, 4.69) is 21.8 Å². The molecule has 2 saturated heterocycles. The molecule has 2 aliphatic rings. The summed E-state index contributed by atoms with van der Waals surface area (Å²) in [5.41, 5.74) is 2.06. The molecule has 7 heteroatoms. The zero-order valence-corrected chi connectivity index (χ0v) is 17.8. The van der Waals surface area contributed by atoms with Gasteiger partial charge in [0.25, 0.3) is 11.8 Å². The standard InChI is InChI=1S/C24H23N3O3S/c28-22-12-17(6-9-25-22)23(29)26-10-7-21-20(13-26)19(18-8-11-31-15-18)14-27(21)24(30)16-4-2-1-3-5-16/h1-6,8-9,11-12,15,19-21H,7,10,13-14H2,(H,25,28)/t19-,20-,21-/m0/s1. The van der Waals surface area contributed by atoms with Gasteiger partial charge in [0, 0.05) is 60.9 Å². The lowest BCUT2D eigenvalue weighted by atomic mass is 9.82. The van der Waals surface area contributed by atoms with Crippen LogP contribution in [0.5, 0.6) is 0 Å². The van der Waals surface area contributed by atoms with Crippen LogP contribution in [0.3, 0.4) is 0 Å². The predicted molar refractivity (Wildman–Crippen MR) is 119 cm³/mol. The van der Waals surface area contributed by atoms with Gasteiger partial charge >= 0.3 is 0 Å². The second-order valence-electron chi connectivity index (χ2n) is 8.20. The van der Waals surface area contributed by atoms with Crippen molar-refractivity contribution < 1.29 is 9.59 Å². The van der Waals surface area contributed by atoms with Gasteiger partial charge in [-0.25, -0.2) is 0 Å². The number of carbonyl (C=O) groups excluding carboxylic acids is 2. The van der Waals surface area contributed by atoms with Crippen molar-refractivity contribution in [2.45, 2.75) is 18.4 Å². The Balaban J connectivity index is 1.43. The van der Waals surface area contributed by atoms with Gasteiger partial charge in [-0.2, -0.15) is 11.3 Å². The van der Waals surface area contributed by atoms with Crippen LogP contribution in [0.15, 0.2) is 70.3 Å². The summed E-state index contributed by atoms with van der Waals surface area (Å²) in [6, 6.07) is 14.6. The maximum atomic E-state index is 13.3. The number of aromatic nitrogens is 1. The molecule has 1 N–H and O–H groups in total. The minimum atomic E-state index is -0.280. The molecule has 4 heterocycles. The van der Waals surface area contributed by atoms with E-state index in [4.69, 9.17) is 0 Å². The van der Waals surface area contributed by atoms with Crippen LogP contribution in [-0.2, 0) is 0 Å². The molecule has 0 radical (unpaired) electrons. The van der Waals surface area contributed by atoms with Gasteiger partial charge in [0.2, 0.25) is 5.56 Å². The first-order valence-corrected chi connectivity index (χ1v) is 11.4. The summed E-state index contributed by atoms with van der Waals surface area (Å²) in [6.45, 7) is 1.81. The molecule has 5 rings (SSSR count). The van der Waals surface area contributed by atoms with Crippen molar-refractivity contribution in [1.29, 1.82) is 0 Å². The Bertz CT molecular complexity index is 1140. The Morgan fingerprint density at radius 2 is 1.84 bits per heavy atom. The lowest BCUT2D eigenvalue weighted by Crippen LogP contribution is -2.49. The average Bonchev–Trinajstić information content (AvgIpc) is 3.46. The molecule has 1 aromatic carbocycles. The van der Waals surface area contributed by atoms with Crippen molar-refractivity contribution in [3.05, 3.63) is 92.5 Å². The number of piperidine rings is 1. The maximum Gasteiger partial charge on any atom is 0.254 e. The summed E-state index contributed by atoms with van der Waals surface area (Å²) in [6.07, 6.45) is 2.24. The van der Waals surface area contributed by atoms with Gasteiger partial charge in [0.15, 0.2) is 0 Å². The van der Waals surface area contributed by atoms with Crippen molar-refractivity contribution in [2.24, 2.45) is 5.92 Å². The van der Waals surface area contributed by atoms with Crippen molar-refractivity contribution in [1.82, 2.24) is 14.8 Å². The number of thiophene rings is 1. The van der Waals surface area contributed by atoms with Gasteiger partial charge in [-0.1, -0.05) is 18.2 Å². The second kappa shape index (κ2) is 8.15. The van der Waals surface area contributed by atoms with Gasteiger partial charge in [0.05, 0.1) is 0 Å². The first kappa shape index (κ1) is 19.8. The van der Waals surface area contributed by atoms with Crippen LogP contribution in [0.1, 0.15) is 38.6 Å². The number of hydrogen-bond acceptors (Lipinski definition) is 4. The van der Waals surface area contributed by atoms with Crippen LogP contribution in [0, 0.1) is 5.92 Å². The number of hydrogen-bond donors (Lipinski definition) is 1. The summed E-state index contributed by atoms with van der Waals surface area (Å²) in [5, 5.41) is 4.21. The summed E-state index contributed by atoms with van der Waals surface area (Å²) in [4.78, 5) is 44.4. The molecule has 2 fully saturated rings. The van der Waals surface area contributed by atoms with Crippen molar-refractivity contribution in [2.75, 3.05) is 19.6 Å². The molecule has 31 heavy (non-hydrogen) atoms. The third-order valence-electron chi connectivity index (χ3n) is 6.49. The zero-order valence-electron chi connectivity index (χ0n) is 16.9. The number of pyridine rings is 1. The van der Waals surface area contributed by atoms with Crippen LogP contribution < -0.4 is 5.56 Å². The second-order valence-corrected chi connectivity index (χ2v) is 8.98. The molecular weight excluding hydrogens is 410 g/mol. The number of nitrogens with one attached hydrogen (secondary N) is 1. The SMILES string of the molecule is O=C(c1cc[nH]c(=O)c1)N1CC[C@H]2[C@@H](C1)[C@H](c1ccsc1)CN2C(=O)c1ccccc1. The number of likely N-dealkylation sites (tertiary alicyclic amines) is 2. The highest BCUT2D eigenvalue weighted by Crippen LogP contribution is 2.42. The molecule has 2 aliphatic heterocycles. The number of carbonyl (C=O) groups is 2. The summed E-state index contributed by atoms with van der Waals surface area (Å²) >= 11 is 1.66. The highest BCUT2D eigenvalue weighted by molar-refractivity contribution is 7.08. The van der Waals surface area contributed by atoms with Crippen molar-refractivity contribution in [3.8, 4) is 0 Å². The number of H-pyrrole nitrogens is 1. The molecule has 2 amide bonds. The fourth-order valence-corrected chi connectivity index (χ4v) is 5.72. The van der Waals surface area contributed by atoms with Gasteiger partial charge in [0.1, 0.15) is 0 Å². The predicted octanol–water partition coefficient (Wildman–Crippen LogP) is 3.21. The van der Waals surface area contributed by atoms with E-state index in [1.165, 1.54) is 17.8 Å². The third-order valence-corrected chi connectivity index (χ3v) is 7.19. The van der Waals surface area contributed by atoms with Gasteiger partial charge in [-0.15, -0.1) is 0 Å². The first-order valence-electron chi connectivity index (χ1n) is 10.5. The number of benzene rings is 1. The lowest BCUT2D eigenvalue weighted by molar-refractivity contribution is 0.0534. The summed E-state index contributed by atoms with van der Waals surface area (Å²) in [5.74, 6) is 0.296. The average molecular weight is 434 g/mol. The molecule has 0 spiro atoms. The van der Waals surface area contributed by atoms with Crippen LogP contribution in [-0.4, -0.2) is 52.3 Å². The molecule has 0 aliphatic carbocycles. The van der Waals surface area contributed by atoms with E-state index in [1.54, 1.807) is 17.4 Å². The zero-order chi connectivity index (χ0) is 21.4. The summed E-state index contributed by atoms with van der Waals surface area (Å²) in [7, 11) is 0. The molecule has 3 aromatic rings. The minimum absolute atomic E-state index is 0.0581. The molecule has 3 atom stereocenters. The Morgan fingerprint density at radius 3 is 2.58 bits per heavy atom. The number of fused-ring (bicyclic) bond motifs is 1. The van der Waals surface area contributed by atoms with E-state index >= 15 is 0 Å². The Kier molecular flexibility index (Phi) is 5.19. The molecular formula is C24H23N3O3S. The van der Waals surface area contributed by atoms with Crippen molar-refractivity contribution in [3.63, 3.8) is 0 Å². The van der Waals surface area contributed by atoms with E-state index in [9.17, 15) is 14.4 Å². The van der Waals surface area contributed by atoms with E-state index in [0.29, 0.717) is 30.8 Å². The fourth-order valence-electron chi connectivity index (χ4n) is 5.00. The number of amides is 2. The largest absolute Gasteiger partial charge is 0.338 e. The highest BCUT2D eigenvalue weighted by atomic mass is 32.1. The Morgan fingerprint density at radius 1 is 1.00 bits per heavy atom. The van der Waals surface area contributed by atoms with Gasteiger partial charge < -0.3 is 14.8 Å². The van der Waals surface area contributed by atoms with E-state index in [1.807, 2.05) is 40.1 Å². The maximum absolute atomic E-state index is 13.3. The fraction of sp³-hybridized carbons (Fsp3) is 0.292. The van der Waals surface area contributed by atoms with E-state index in [-0.39, 0.29) is 35.3 Å². The van der Waals surface area contributed by atoms with Gasteiger partial charge in [-0.3, -0.25) is 14.4 Å². The molecule has 6 nitrogen and oxygen atoms in total. The minimum Gasteiger partial charge on any atom is -0.338 e. The Hall–Kier alpha value is -3.19. The molecule has 0 bridgehead atoms. The normalized spacial score (nSPS) is 22.9. The molecule has 0 unspecified atom stereocenters. The quantitative estimate of drug-likeness (QED) is 0.689. The monoisotopic (exact) mass is 433 g/mol. The van der Waals surface area contributed by atoms with Gasteiger partial charge in [-0.05, 0) is 47.0 Å². The highest BCUT2D eigenvalue weighted by Gasteiger charge is 2.48. The van der Waals surface area contributed by atoms with E-state index in [0.717, 1.165) is 6.42 Å². The van der Waals surface area contributed by atoms with Crippen molar-refractivity contribution >= 4 is 23.2 Å². The van der Waals surface area contributed by atoms with Crippen LogP contribution in [0.25, 0.3) is 0 Å². The van der Waals surface area contributed by atoms with Crippen LogP contribution in [0.4, 0.5) is 0 Å². The summed E-state index contributed by atoms with van der Waals surface area (Å²) < 4.78 is 0. The molecule has 0 saturated carbocycles. The van der Waals surface area contributed by atoms with Crippen LogP contribution in [0.2, 0.25) is 0 Å².